The lowest BCUT2D eigenvalue weighted by Gasteiger charge is -2.21. The maximum absolute atomic E-state index is 14.2. The van der Waals surface area contributed by atoms with Crippen LogP contribution in [-0.2, 0) is 32.6 Å². The lowest BCUT2D eigenvalue weighted by Crippen LogP contribution is -2.28. The molecule has 1 aliphatic rings. The molecule has 0 fully saturated rings. The maximum Gasteiger partial charge on any atom is 0.276 e. The van der Waals surface area contributed by atoms with Crippen LogP contribution < -0.4 is 22.1 Å². The molecule has 17 nitrogen and oxygen atoms in total. The van der Waals surface area contributed by atoms with Crippen LogP contribution in [0.2, 0.25) is 0 Å². The van der Waals surface area contributed by atoms with Gasteiger partial charge in [-0.25, -0.2) is 9.97 Å². The molecule has 55 heavy (non-hydrogen) atoms. The molecule has 0 saturated carbocycles. The van der Waals surface area contributed by atoms with Gasteiger partial charge in [0.25, 0.3) is 5.91 Å². The van der Waals surface area contributed by atoms with Crippen LogP contribution in [0.4, 0.5) is 11.9 Å². The molecule has 2 aromatic carbocycles. The van der Waals surface area contributed by atoms with Crippen LogP contribution in [0.5, 0.6) is 0 Å². The third-order valence-corrected chi connectivity index (χ3v) is 10.2. The second-order valence-electron chi connectivity index (χ2n) is 14.1. The quantitative estimate of drug-likeness (QED) is 0.178. The second kappa shape index (κ2) is 15.3. The summed E-state index contributed by atoms with van der Waals surface area (Å²) in [7, 11) is 1.99. The smallest absolute Gasteiger partial charge is 0.276 e. The van der Waals surface area contributed by atoms with Crippen LogP contribution in [0.25, 0.3) is 22.1 Å². The highest BCUT2D eigenvalue weighted by molar-refractivity contribution is 6.04. The third kappa shape index (κ3) is 7.52. The Morgan fingerprint density at radius 1 is 0.836 bits per heavy atom. The molecular formula is C38H47N13O4. The van der Waals surface area contributed by atoms with Crippen molar-refractivity contribution in [2.24, 2.45) is 11.5 Å². The summed E-state index contributed by atoms with van der Waals surface area (Å²) in [6.07, 6.45) is 1.99. The van der Waals surface area contributed by atoms with Gasteiger partial charge in [-0.3, -0.25) is 29.1 Å². The van der Waals surface area contributed by atoms with E-state index in [0.29, 0.717) is 91.1 Å². The zero-order valence-electron chi connectivity index (χ0n) is 31.5. The molecule has 0 radical (unpaired) electrons. The van der Waals surface area contributed by atoms with Crippen molar-refractivity contribution < 1.29 is 19.5 Å². The second-order valence-corrected chi connectivity index (χ2v) is 14.1. The highest BCUT2D eigenvalue weighted by atomic mass is 16.3. The van der Waals surface area contributed by atoms with Gasteiger partial charge in [-0.2, -0.15) is 10.2 Å². The molecule has 1 atom stereocenters. The van der Waals surface area contributed by atoms with Gasteiger partial charge < -0.3 is 35.9 Å². The number of imidazole rings is 2. The van der Waals surface area contributed by atoms with Crippen molar-refractivity contribution >= 4 is 51.7 Å². The lowest BCUT2D eigenvalue weighted by atomic mass is 10.0. The summed E-state index contributed by atoms with van der Waals surface area (Å²) < 4.78 is 7.47. The first kappa shape index (κ1) is 37.3. The monoisotopic (exact) mass is 749 g/mol. The number of carbonyl (C=O) groups is 3. The molecule has 5 heterocycles. The largest absolute Gasteiger partial charge is 0.368 e. The summed E-state index contributed by atoms with van der Waals surface area (Å²) in [6.45, 7) is 8.95. The third-order valence-electron chi connectivity index (χ3n) is 10.2. The molecule has 0 spiro atoms. The Balaban J connectivity index is 1.26. The van der Waals surface area contributed by atoms with E-state index in [0.717, 1.165) is 47.2 Å². The van der Waals surface area contributed by atoms with Crippen molar-refractivity contribution in [2.45, 2.75) is 78.9 Å². The van der Waals surface area contributed by atoms with Gasteiger partial charge in [0.15, 0.2) is 6.23 Å². The molecular weight excluding hydrogens is 703 g/mol. The van der Waals surface area contributed by atoms with Gasteiger partial charge in [0.05, 0.1) is 39.1 Å². The highest BCUT2D eigenvalue weighted by Gasteiger charge is 2.25. The summed E-state index contributed by atoms with van der Waals surface area (Å²) >= 11 is 0. The SMILES string of the molecule is CCn1nc(C)c2c1C(=O)Nc1nc3cc(C(N)=O)ccc3n1CCN(C)CCn1c(nc3cc(C(N)=O)ccc31)NC(O)c1cc(C)nn1CCCCC2. The molecule has 0 aliphatic carbocycles. The van der Waals surface area contributed by atoms with Crippen LogP contribution in [0, 0.1) is 13.8 Å². The lowest BCUT2D eigenvalue weighted by molar-refractivity contribution is 0.0992. The van der Waals surface area contributed by atoms with Crippen LogP contribution in [0.3, 0.4) is 0 Å². The zero-order chi connectivity index (χ0) is 39.0. The summed E-state index contributed by atoms with van der Waals surface area (Å²) in [4.78, 5) is 49.9. The number of aryl methyl sites for hydroxylation is 4. The fraction of sp³-hybridized carbons (Fsp3) is 0.395. The van der Waals surface area contributed by atoms with Crippen LogP contribution >= 0.6 is 0 Å². The van der Waals surface area contributed by atoms with Crippen molar-refractivity contribution in [2.75, 3.05) is 30.8 Å². The molecule has 3 amide bonds. The first-order valence-corrected chi connectivity index (χ1v) is 18.6. The number of fused-ring (bicyclic) bond motifs is 8. The number of likely N-dealkylation sites (N-methyl/N-ethyl adjacent to an activating group) is 1. The fourth-order valence-corrected chi connectivity index (χ4v) is 7.34. The number of aliphatic hydroxyl groups excluding tert-OH is 1. The zero-order valence-corrected chi connectivity index (χ0v) is 31.5. The van der Waals surface area contributed by atoms with E-state index < -0.39 is 18.0 Å². The highest BCUT2D eigenvalue weighted by Crippen LogP contribution is 2.27. The van der Waals surface area contributed by atoms with Gasteiger partial charge in [0.1, 0.15) is 5.69 Å². The van der Waals surface area contributed by atoms with Gasteiger partial charge >= 0.3 is 0 Å². The minimum atomic E-state index is -1.12. The van der Waals surface area contributed by atoms with E-state index in [2.05, 4.69) is 20.6 Å². The van der Waals surface area contributed by atoms with E-state index in [1.54, 1.807) is 35.0 Å². The number of aliphatic hydroxyl groups is 1. The standard InChI is InChI=1S/C38H47N13O4/c1-5-50-32-26(23(3)46-50)9-7-6-8-14-51-31(19-22(2)45-51)35(54)43-37-41-27-20-24(33(39)52)10-12-29(27)48(37)17-15-47(4)16-18-49-30-13-11-25(34(40)53)21-28(30)42-38(49)44-36(32)55/h10-13,19-21,35,54H,5-9,14-18H2,1-4H3,(H2,39,52)(H2,40,53)(H,41,43)(H,42,44,55). The van der Waals surface area contributed by atoms with E-state index in [-0.39, 0.29) is 5.91 Å². The first-order valence-electron chi connectivity index (χ1n) is 18.6. The van der Waals surface area contributed by atoms with Gasteiger partial charge in [-0.15, -0.1) is 0 Å². The number of amides is 3. The molecule has 1 aliphatic heterocycles. The van der Waals surface area contributed by atoms with E-state index in [4.69, 9.17) is 26.5 Å². The molecule has 6 aromatic rings. The summed E-state index contributed by atoms with van der Waals surface area (Å²) in [5.74, 6) is -0.652. The number of nitrogens with zero attached hydrogens (tertiary/aromatic N) is 9. The van der Waals surface area contributed by atoms with Gasteiger partial charge in [0.2, 0.25) is 23.7 Å². The Morgan fingerprint density at radius 3 is 2.07 bits per heavy atom. The number of anilines is 2. The number of nitrogens with two attached hydrogens (primary N) is 2. The van der Waals surface area contributed by atoms with E-state index in [1.165, 1.54) is 0 Å². The molecule has 288 valence electrons. The number of hydrogen-bond donors (Lipinski definition) is 5. The Hall–Kier alpha value is -6.07. The van der Waals surface area contributed by atoms with Crippen LogP contribution in [0.1, 0.15) is 86.3 Å². The number of benzene rings is 2. The molecule has 1 unspecified atom stereocenters. The van der Waals surface area contributed by atoms with Crippen molar-refractivity contribution in [1.82, 2.24) is 43.6 Å². The fourth-order valence-electron chi connectivity index (χ4n) is 7.34. The minimum absolute atomic E-state index is 0.309. The Labute approximate surface area is 317 Å². The Bertz CT molecular complexity index is 2420. The van der Waals surface area contributed by atoms with Gasteiger partial charge in [0, 0.05) is 56.0 Å². The van der Waals surface area contributed by atoms with Crippen molar-refractivity contribution in [1.29, 1.82) is 0 Å². The average molecular weight is 750 g/mol. The molecule has 0 bridgehead atoms. The summed E-state index contributed by atoms with van der Waals surface area (Å²) in [5, 5.41) is 27.2. The summed E-state index contributed by atoms with van der Waals surface area (Å²) in [6, 6.07) is 12.1. The number of carbonyl (C=O) groups excluding carboxylic acids is 3. The van der Waals surface area contributed by atoms with E-state index >= 15 is 0 Å². The molecule has 4 aromatic heterocycles. The number of rotatable bonds is 3. The van der Waals surface area contributed by atoms with Crippen molar-refractivity contribution in [3.63, 3.8) is 0 Å². The minimum Gasteiger partial charge on any atom is -0.368 e. The number of aromatic nitrogens is 8. The van der Waals surface area contributed by atoms with Crippen LogP contribution in [0.15, 0.2) is 42.5 Å². The normalized spacial score (nSPS) is 16.6. The van der Waals surface area contributed by atoms with E-state index in [1.807, 2.05) is 53.8 Å². The van der Waals surface area contributed by atoms with Gasteiger partial charge in [-0.05, 0) is 89.5 Å². The number of hydrogen-bond acceptors (Lipinski definition) is 10. The Morgan fingerprint density at radius 2 is 1.45 bits per heavy atom. The molecule has 7 rings (SSSR count). The number of nitrogens with one attached hydrogen (secondary N) is 2. The topological polar surface area (TPSA) is 222 Å². The first-order chi connectivity index (χ1) is 26.4. The number of primary amides is 2. The van der Waals surface area contributed by atoms with Gasteiger partial charge in [-0.1, -0.05) is 6.42 Å². The van der Waals surface area contributed by atoms with E-state index in [9.17, 15) is 19.5 Å². The maximum atomic E-state index is 14.2. The predicted molar refractivity (Wildman–Crippen MR) is 208 cm³/mol. The molecule has 17 heteroatoms. The van der Waals surface area contributed by atoms with Crippen molar-refractivity contribution in [3.05, 3.63) is 81.9 Å². The molecule has 0 saturated heterocycles. The van der Waals surface area contributed by atoms with Crippen molar-refractivity contribution in [3.8, 4) is 0 Å². The summed E-state index contributed by atoms with van der Waals surface area (Å²) in [5.41, 5.74) is 18.0. The predicted octanol–water partition coefficient (Wildman–Crippen LogP) is 3.33. The van der Waals surface area contributed by atoms with Crippen LogP contribution in [-0.4, -0.2) is 86.5 Å². The molecule has 7 N–H and O–H groups in total. The Kier molecular flexibility index (Phi) is 10.4. The average Bonchev–Trinajstić information content (AvgIpc) is 3.89.